The zero-order valence-electron chi connectivity index (χ0n) is 12.4. The zero-order chi connectivity index (χ0) is 14.4. The lowest BCUT2D eigenvalue weighted by Gasteiger charge is -2.42. The summed E-state index contributed by atoms with van der Waals surface area (Å²) in [7, 11) is 1.78. The van der Waals surface area contributed by atoms with Crippen LogP contribution >= 0.6 is 0 Å². The summed E-state index contributed by atoms with van der Waals surface area (Å²) < 4.78 is 11.3. The summed E-state index contributed by atoms with van der Waals surface area (Å²) in [6, 6.07) is 2.04. The molecule has 1 saturated carbocycles. The molecule has 5 nitrogen and oxygen atoms in total. The van der Waals surface area contributed by atoms with Gasteiger partial charge in [0.15, 0.2) is 0 Å². The molecule has 1 unspecified atom stereocenters. The molecule has 0 aromatic carbocycles. The van der Waals surface area contributed by atoms with Gasteiger partial charge in [0.2, 0.25) is 0 Å². The van der Waals surface area contributed by atoms with E-state index in [0.717, 1.165) is 37.0 Å². The molecule has 0 bridgehead atoms. The molecule has 5 heteroatoms. The van der Waals surface area contributed by atoms with Crippen LogP contribution < -0.4 is 16.0 Å². The van der Waals surface area contributed by atoms with Crippen LogP contribution in [-0.4, -0.2) is 24.3 Å². The van der Waals surface area contributed by atoms with Crippen molar-refractivity contribution in [3.05, 3.63) is 24.0 Å². The quantitative estimate of drug-likeness (QED) is 0.564. The Hall–Kier alpha value is -1.17. The van der Waals surface area contributed by atoms with E-state index in [2.05, 4.69) is 17.3 Å². The molecule has 20 heavy (non-hydrogen) atoms. The van der Waals surface area contributed by atoms with Gasteiger partial charge in [-0.05, 0) is 43.7 Å². The summed E-state index contributed by atoms with van der Waals surface area (Å²) in [5.41, 5.74) is 3.90. The fourth-order valence-electron chi connectivity index (χ4n) is 2.63. The van der Waals surface area contributed by atoms with Gasteiger partial charge in [0.25, 0.3) is 0 Å². The van der Waals surface area contributed by atoms with Crippen LogP contribution in [0.5, 0.6) is 5.75 Å². The highest BCUT2D eigenvalue weighted by Gasteiger charge is 2.39. The van der Waals surface area contributed by atoms with E-state index in [4.69, 9.17) is 15.3 Å². The summed E-state index contributed by atoms with van der Waals surface area (Å²) in [6.07, 6.45) is 8.84. The number of methoxy groups -OCH3 is 1. The van der Waals surface area contributed by atoms with Crippen molar-refractivity contribution in [2.45, 2.75) is 50.7 Å². The third-order valence-electron chi connectivity index (χ3n) is 4.08. The molecule has 0 saturated heterocycles. The van der Waals surface area contributed by atoms with Crippen molar-refractivity contribution in [1.29, 1.82) is 0 Å². The first kappa shape index (κ1) is 15.2. The van der Waals surface area contributed by atoms with Crippen molar-refractivity contribution >= 4 is 0 Å². The minimum Gasteiger partial charge on any atom is -0.492 e. The average Bonchev–Trinajstić information content (AvgIpc) is 2.45. The Morgan fingerprint density at radius 3 is 2.80 bits per heavy atom. The van der Waals surface area contributed by atoms with E-state index >= 15 is 0 Å². The van der Waals surface area contributed by atoms with Crippen LogP contribution in [-0.2, 0) is 4.74 Å². The summed E-state index contributed by atoms with van der Waals surface area (Å²) in [6.45, 7) is 2.79. The van der Waals surface area contributed by atoms with E-state index in [1.54, 1.807) is 13.3 Å². The molecule has 0 spiro atoms. The van der Waals surface area contributed by atoms with Gasteiger partial charge < -0.3 is 9.47 Å². The fourth-order valence-corrected chi connectivity index (χ4v) is 2.63. The van der Waals surface area contributed by atoms with Crippen molar-refractivity contribution in [3.63, 3.8) is 0 Å². The Kier molecular flexibility index (Phi) is 5.34. The molecular weight excluding hydrogens is 254 g/mol. The van der Waals surface area contributed by atoms with Crippen molar-refractivity contribution in [3.8, 4) is 5.75 Å². The average molecular weight is 279 g/mol. The highest BCUT2D eigenvalue weighted by atomic mass is 16.5. The van der Waals surface area contributed by atoms with Crippen LogP contribution in [0.25, 0.3) is 0 Å². The van der Waals surface area contributed by atoms with E-state index in [1.807, 2.05) is 12.3 Å². The van der Waals surface area contributed by atoms with Gasteiger partial charge in [0.05, 0.1) is 24.4 Å². The Labute approximate surface area is 120 Å². The second-order valence-corrected chi connectivity index (χ2v) is 5.47. The van der Waals surface area contributed by atoms with Crippen LogP contribution in [0.2, 0.25) is 0 Å². The smallest absolute Gasteiger partial charge is 0.137 e. The molecule has 112 valence electrons. The van der Waals surface area contributed by atoms with Crippen LogP contribution in [0.1, 0.15) is 50.6 Å². The number of nitrogens with zero attached hydrogens (tertiary/aromatic N) is 1. The molecule has 2 rings (SSSR count). The number of nitrogens with one attached hydrogen (secondary N) is 1. The molecule has 1 heterocycles. The van der Waals surface area contributed by atoms with Crippen LogP contribution in [0, 0.1) is 0 Å². The van der Waals surface area contributed by atoms with Gasteiger partial charge in [-0.3, -0.25) is 16.3 Å². The SMILES string of the molecule is CCCOc1cncc(C(CC2(OC)CCC2)NN)c1. The molecule has 0 aliphatic heterocycles. The van der Waals surface area contributed by atoms with Crippen LogP contribution in [0.4, 0.5) is 0 Å². The summed E-state index contributed by atoms with van der Waals surface area (Å²) in [5, 5.41) is 0. The minimum absolute atomic E-state index is 0.0304. The highest BCUT2D eigenvalue weighted by Crippen LogP contribution is 2.41. The van der Waals surface area contributed by atoms with Gasteiger partial charge in [-0.25, -0.2) is 0 Å². The molecule has 0 radical (unpaired) electrons. The molecule has 1 aliphatic rings. The number of hydrazine groups is 1. The number of ether oxygens (including phenoxy) is 2. The van der Waals surface area contributed by atoms with Crippen LogP contribution in [0.3, 0.4) is 0 Å². The molecule has 1 aliphatic carbocycles. The number of hydrogen-bond acceptors (Lipinski definition) is 5. The Balaban J connectivity index is 2.06. The number of hydrogen-bond donors (Lipinski definition) is 2. The summed E-state index contributed by atoms with van der Waals surface area (Å²) in [5.74, 6) is 6.52. The van der Waals surface area contributed by atoms with Gasteiger partial charge in [-0.2, -0.15) is 0 Å². The normalized spacial score (nSPS) is 18.4. The van der Waals surface area contributed by atoms with E-state index in [-0.39, 0.29) is 11.6 Å². The lowest BCUT2D eigenvalue weighted by atomic mass is 9.75. The minimum atomic E-state index is -0.0304. The first-order valence-electron chi connectivity index (χ1n) is 7.32. The first-order valence-corrected chi connectivity index (χ1v) is 7.32. The fraction of sp³-hybridized carbons (Fsp3) is 0.667. The molecule has 1 aromatic rings. The molecule has 1 atom stereocenters. The first-order chi connectivity index (χ1) is 9.73. The lowest BCUT2D eigenvalue weighted by Crippen LogP contribution is -2.44. The maximum Gasteiger partial charge on any atom is 0.137 e. The maximum atomic E-state index is 5.72. The predicted molar refractivity (Wildman–Crippen MR) is 78.3 cm³/mol. The van der Waals surface area contributed by atoms with Gasteiger partial charge in [0, 0.05) is 13.3 Å². The van der Waals surface area contributed by atoms with Gasteiger partial charge in [-0.1, -0.05) is 6.92 Å². The molecule has 1 aromatic heterocycles. The van der Waals surface area contributed by atoms with Gasteiger partial charge in [0.1, 0.15) is 5.75 Å². The topological polar surface area (TPSA) is 69.4 Å². The van der Waals surface area contributed by atoms with E-state index in [1.165, 1.54) is 6.42 Å². The van der Waals surface area contributed by atoms with Gasteiger partial charge in [-0.15, -0.1) is 0 Å². The second kappa shape index (κ2) is 7.02. The van der Waals surface area contributed by atoms with Crippen molar-refractivity contribution < 1.29 is 9.47 Å². The Bertz CT molecular complexity index is 416. The second-order valence-electron chi connectivity index (χ2n) is 5.47. The standard InChI is InChI=1S/C15H25N3O2/c1-3-7-20-13-8-12(10-17-11-13)14(18-16)9-15(19-2)5-4-6-15/h8,10-11,14,18H,3-7,9,16H2,1-2H3. The monoisotopic (exact) mass is 279 g/mol. The van der Waals surface area contributed by atoms with E-state index in [0.29, 0.717) is 6.61 Å². The number of aromatic nitrogens is 1. The lowest BCUT2D eigenvalue weighted by molar-refractivity contribution is -0.0838. The molecular formula is C15H25N3O2. The van der Waals surface area contributed by atoms with E-state index in [9.17, 15) is 0 Å². The molecule has 3 N–H and O–H groups in total. The third-order valence-corrected chi connectivity index (χ3v) is 4.08. The number of nitrogens with two attached hydrogens (primary N) is 1. The third kappa shape index (κ3) is 3.48. The highest BCUT2D eigenvalue weighted by molar-refractivity contribution is 5.26. The number of pyridine rings is 1. The summed E-state index contributed by atoms with van der Waals surface area (Å²) in [4.78, 5) is 4.24. The van der Waals surface area contributed by atoms with Crippen molar-refractivity contribution in [1.82, 2.24) is 10.4 Å². The van der Waals surface area contributed by atoms with Gasteiger partial charge >= 0.3 is 0 Å². The molecule has 1 fully saturated rings. The zero-order valence-corrected chi connectivity index (χ0v) is 12.4. The predicted octanol–water partition coefficient (Wildman–Crippen LogP) is 2.33. The maximum absolute atomic E-state index is 5.72. The van der Waals surface area contributed by atoms with Crippen LogP contribution in [0.15, 0.2) is 18.5 Å². The van der Waals surface area contributed by atoms with Crippen molar-refractivity contribution in [2.24, 2.45) is 5.84 Å². The van der Waals surface area contributed by atoms with E-state index < -0.39 is 0 Å². The Morgan fingerprint density at radius 2 is 2.25 bits per heavy atom. The summed E-state index contributed by atoms with van der Waals surface area (Å²) >= 11 is 0. The largest absolute Gasteiger partial charge is 0.492 e. The van der Waals surface area contributed by atoms with Crippen molar-refractivity contribution in [2.75, 3.05) is 13.7 Å². The number of rotatable bonds is 8. The molecule has 0 amide bonds. The Morgan fingerprint density at radius 1 is 1.45 bits per heavy atom.